The topological polar surface area (TPSA) is 37.7 Å². The van der Waals surface area contributed by atoms with Gasteiger partial charge in [0.15, 0.2) is 5.17 Å². The zero-order valence-electron chi connectivity index (χ0n) is 15.7. The van der Waals surface area contributed by atoms with Gasteiger partial charge in [0, 0.05) is 29.6 Å². The number of thioether (sulfide) groups is 1. The molecule has 0 bridgehead atoms. The van der Waals surface area contributed by atoms with Crippen molar-refractivity contribution in [2.24, 2.45) is 4.99 Å². The summed E-state index contributed by atoms with van der Waals surface area (Å²) in [5.41, 5.74) is 1.70. The highest BCUT2D eigenvalue weighted by atomic mass is 35.5. The predicted octanol–water partition coefficient (Wildman–Crippen LogP) is 5.29. The maximum atomic E-state index is 13.5. The Bertz CT molecular complexity index is 830. The van der Waals surface area contributed by atoms with Crippen LogP contribution in [0.25, 0.3) is 0 Å². The van der Waals surface area contributed by atoms with Gasteiger partial charge in [-0.05, 0) is 42.9 Å². The van der Waals surface area contributed by atoms with Crippen molar-refractivity contribution >= 4 is 34.2 Å². The van der Waals surface area contributed by atoms with E-state index in [1.807, 2.05) is 18.4 Å². The molecule has 144 valence electrons. The Kier molecular flexibility index (Phi) is 6.27. The van der Waals surface area contributed by atoms with Gasteiger partial charge in [0.1, 0.15) is 5.82 Å². The first kappa shape index (κ1) is 20.0. The highest BCUT2D eigenvalue weighted by Gasteiger charge is 2.40. The van der Waals surface area contributed by atoms with Crippen LogP contribution in [-0.4, -0.2) is 41.5 Å². The summed E-state index contributed by atoms with van der Waals surface area (Å²) in [6.45, 7) is 3.84. The van der Waals surface area contributed by atoms with Gasteiger partial charge in [0.2, 0.25) is 5.88 Å². The summed E-state index contributed by atoms with van der Waals surface area (Å²) in [6, 6.07) is 8.42. The molecule has 2 aromatic rings. The molecular formula is C20H23ClFN3OS. The van der Waals surface area contributed by atoms with Crippen LogP contribution in [0.1, 0.15) is 25.3 Å². The van der Waals surface area contributed by atoms with Gasteiger partial charge in [-0.3, -0.25) is 0 Å². The van der Waals surface area contributed by atoms with Gasteiger partial charge in [-0.2, -0.15) is 0 Å². The van der Waals surface area contributed by atoms with Crippen molar-refractivity contribution in [1.29, 1.82) is 0 Å². The van der Waals surface area contributed by atoms with Crippen LogP contribution < -0.4 is 4.74 Å². The van der Waals surface area contributed by atoms with E-state index in [0.29, 0.717) is 10.9 Å². The van der Waals surface area contributed by atoms with E-state index in [4.69, 9.17) is 21.3 Å². The van der Waals surface area contributed by atoms with Crippen molar-refractivity contribution in [2.75, 3.05) is 26.5 Å². The fourth-order valence-electron chi connectivity index (χ4n) is 3.57. The van der Waals surface area contributed by atoms with Crippen molar-refractivity contribution in [2.45, 2.75) is 25.2 Å². The summed E-state index contributed by atoms with van der Waals surface area (Å²) in [7, 11) is 1.59. The molecule has 0 amide bonds. The van der Waals surface area contributed by atoms with Crippen molar-refractivity contribution in [3.63, 3.8) is 0 Å². The number of hydrogen-bond donors (Lipinski definition) is 0. The quantitative estimate of drug-likeness (QED) is 0.510. The lowest BCUT2D eigenvalue weighted by molar-refractivity contribution is 0.398. The average molecular weight is 408 g/mol. The molecule has 1 aliphatic rings. The maximum absolute atomic E-state index is 13.5. The van der Waals surface area contributed by atoms with E-state index >= 15 is 0 Å². The molecule has 2 heterocycles. The van der Waals surface area contributed by atoms with E-state index in [9.17, 15) is 4.39 Å². The second-order valence-electron chi connectivity index (χ2n) is 6.59. The van der Waals surface area contributed by atoms with Crippen LogP contribution in [0.3, 0.4) is 0 Å². The number of ether oxygens (including phenoxy) is 1. The Morgan fingerprint density at radius 3 is 2.81 bits per heavy atom. The minimum absolute atomic E-state index is 0.0978. The van der Waals surface area contributed by atoms with E-state index in [1.165, 1.54) is 12.1 Å². The first-order chi connectivity index (χ1) is 13.0. The minimum atomic E-state index is -0.303. The first-order valence-electron chi connectivity index (χ1n) is 8.84. The number of rotatable bonds is 4. The molecule has 1 atom stereocenters. The van der Waals surface area contributed by atoms with Crippen LogP contribution >= 0.6 is 23.4 Å². The van der Waals surface area contributed by atoms with Crippen LogP contribution in [0.4, 0.5) is 10.1 Å². The number of methoxy groups -OCH3 is 1. The van der Waals surface area contributed by atoms with Crippen molar-refractivity contribution in [1.82, 2.24) is 9.88 Å². The molecule has 0 aliphatic carbocycles. The number of pyridine rings is 1. The van der Waals surface area contributed by atoms with Gasteiger partial charge in [0.25, 0.3) is 0 Å². The second-order valence-corrected chi connectivity index (χ2v) is 7.77. The lowest BCUT2D eigenvalue weighted by atomic mass is 9.77. The van der Waals surface area contributed by atoms with Crippen LogP contribution in [0.5, 0.6) is 5.88 Å². The van der Waals surface area contributed by atoms with Gasteiger partial charge in [-0.25, -0.2) is 14.4 Å². The van der Waals surface area contributed by atoms with Gasteiger partial charge in [-0.1, -0.05) is 36.4 Å². The molecule has 27 heavy (non-hydrogen) atoms. The fraction of sp³-hybridized carbons (Fsp3) is 0.400. The first-order valence-corrected chi connectivity index (χ1v) is 10.4. The van der Waals surface area contributed by atoms with Crippen molar-refractivity contribution in [3.8, 4) is 5.88 Å². The number of hydrogen-bond acceptors (Lipinski definition) is 4. The molecule has 0 radical (unpaired) electrons. The third-order valence-corrected chi connectivity index (χ3v) is 6.17. The van der Waals surface area contributed by atoms with Gasteiger partial charge in [-0.15, -0.1) is 0 Å². The minimum Gasteiger partial charge on any atom is -0.481 e. The number of aliphatic imine (C=N–C) groups is 1. The van der Waals surface area contributed by atoms with Gasteiger partial charge >= 0.3 is 0 Å². The summed E-state index contributed by atoms with van der Waals surface area (Å²) in [6.07, 6.45) is 5.61. The van der Waals surface area contributed by atoms with Crippen molar-refractivity contribution in [3.05, 3.63) is 52.9 Å². The molecule has 1 aromatic heterocycles. The largest absolute Gasteiger partial charge is 0.481 e. The zero-order chi connectivity index (χ0) is 19.4. The third kappa shape index (κ3) is 4.22. The Hall–Kier alpha value is -1.79. The summed E-state index contributed by atoms with van der Waals surface area (Å²) in [5.74, 6) is 0.264. The Morgan fingerprint density at radius 1 is 1.41 bits per heavy atom. The Morgan fingerprint density at radius 2 is 2.22 bits per heavy atom. The summed E-state index contributed by atoms with van der Waals surface area (Å²) >= 11 is 7.99. The normalized spacial score (nSPS) is 20.2. The number of halogens is 2. The molecule has 1 aliphatic heterocycles. The van der Waals surface area contributed by atoms with Crippen LogP contribution in [-0.2, 0) is 5.41 Å². The summed E-state index contributed by atoms with van der Waals surface area (Å²) in [5, 5.41) is 1.44. The summed E-state index contributed by atoms with van der Waals surface area (Å²) in [4.78, 5) is 11.2. The molecule has 7 heteroatoms. The van der Waals surface area contributed by atoms with Crippen LogP contribution in [0.15, 0.2) is 41.5 Å². The molecule has 0 N–H and O–H groups in total. The number of nitrogens with zero attached hydrogens (tertiary/aromatic N) is 3. The summed E-state index contributed by atoms with van der Waals surface area (Å²) < 4.78 is 18.6. The van der Waals surface area contributed by atoms with E-state index in [1.54, 1.807) is 31.1 Å². The molecule has 1 aromatic carbocycles. The van der Waals surface area contributed by atoms with Crippen LogP contribution in [0, 0.1) is 5.82 Å². The molecule has 0 saturated carbocycles. The lowest BCUT2D eigenvalue weighted by Gasteiger charge is -2.30. The fourth-order valence-corrected chi connectivity index (χ4v) is 4.55. The van der Waals surface area contributed by atoms with Crippen LogP contribution in [0.2, 0.25) is 5.02 Å². The lowest BCUT2D eigenvalue weighted by Crippen LogP contribution is -2.33. The number of likely N-dealkylation sites (tertiary alicyclic amines) is 1. The molecule has 0 spiro atoms. The van der Waals surface area contributed by atoms with E-state index in [0.717, 1.165) is 42.3 Å². The second kappa shape index (κ2) is 8.48. The molecule has 3 rings (SSSR count). The molecule has 1 fully saturated rings. The zero-order valence-corrected chi connectivity index (χ0v) is 17.3. The maximum Gasteiger partial charge on any atom is 0.213 e. The number of amidine groups is 1. The number of benzene rings is 1. The number of aromatic nitrogens is 1. The molecule has 4 nitrogen and oxygen atoms in total. The van der Waals surface area contributed by atoms with Gasteiger partial charge in [0.05, 0.1) is 19.0 Å². The Balaban J connectivity index is 1.85. The molecular weight excluding hydrogens is 385 g/mol. The average Bonchev–Trinajstić information content (AvgIpc) is 3.12. The van der Waals surface area contributed by atoms with E-state index in [2.05, 4.69) is 16.8 Å². The third-order valence-electron chi connectivity index (χ3n) is 5.14. The molecule has 1 saturated heterocycles. The van der Waals surface area contributed by atoms with E-state index < -0.39 is 0 Å². The van der Waals surface area contributed by atoms with Crippen molar-refractivity contribution < 1.29 is 9.13 Å². The SMILES string of the molecule is CC[C@@]1(c2ccc(F)cc2Cl)CCN(C(=Nc2ccc(OC)nc2)SC)C1. The Labute approximate surface area is 168 Å². The highest BCUT2D eigenvalue weighted by molar-refractivity contribution is 8.13. The predicted molar refractivity (Wildman–Crippen MR) is 111 cm³/mol. The smallest absolute Gasteiger partial charge is 0.213 e. The van der Waals surface area contributed by atoms with E-state index in [-0.39, 0.29) is 11.2 Å². The molecule has 0 unspecified atom stereocenters. The standard InChI is InChI=1S/C20H23ClFN3OS/c1-4-20(16-7-5-14(22)11-17(16)21)9-10-25(13-20)19(27-3)24-15-6-8-18(26-2)23-12-15/h5-8,11-12H,4,9-10,13H2,1-3H3/t20-/m1/s1. The van der Waals surface area contributed by atoms with Gasteiger partial charge < -0.3 is 9.64 Å². The monoisotopic (exact) mass is 407 g/mol. The highest BCUT2D eigenvalue weighted by Crippen LogP contribution is 2.42.